The largest absolute Gasteiger partial charge is 0.391 e. The highest BCUT2D eigenvalue weighted by Crippen LogP contribution is 2.20. The number of carbonyl (C=O) groups is 2. The smallest absolute Gasteiger partial charge is 0.345 e. The van der Waals surface area contributed by atoms with Crippen LogP contribution in [0.4, 0.5) is 0 Å². The van der Waals surface area contributed by atoms with Crippen LogP contribution in [0.3, 0.4) is 0 Å². The van der Waals surface area contributed by atoms with Crippen LogP contribution in [0.25, 0.3) is 0 Å². The summed E-state index contributed by atoms with van der Waals surface area (Å²) in [7, 11) is 0. The van der Waals surface area contributed by atoms with Gasteiger partial charge >= 0.3 is 11.9 Å². The van der Waals surface area contributed by atoms with Crippen LogP contribution in [-0.4, -0.2) is 63.1 Å². The van der Waals surface area contributed by atoms with E-state index in [1.165, 1.54) is 0 Å². The Morgan fingerprint density at radius 2 is 1.62 bits per heavy atom. The molecule has 0 spiro atoms. The van der Waals surface area contributed by atoms with Crippen molar-refractivity contribution in [2.45, 2.75) is 37.6 Å². The van der Waals surface area contributed by atoms with Gasteiger partial charge in [-0.25, -0.2) is 4.79 Å². The average Bonchev–Trinajstić information content (AvgIpc) is 2.19. The number of hydrogen-bond acceptors (Lipinski definition) is 8. The fourth-order valence-electron chi connectivity index (χ4n) is 1.26. The number of rotatable bonds is 1. The van der Waals surface area contributed by atoms with Gasteiger partial charge in [0.25, 0.3) is 0 Å². The lowest BCUT2D eigenvalue weighted by atomic mass is 9.99. The standard InChI is InChI=1S/C8H12O8/c1-2(9)15-8(14)6-4(11)3(10)5(12)7(13)16-6/h3-7,10-13H,1H3/t3-,4-,5+,6-,7+/m0/s1. The summed E-state index contributed by atoms with van der Waals surface area (Å²) in [6.07, 6.45) is -8.87. The lowest BCUT2D eigenvalue weighted by Gasteiger charge is -2.36. The van der Waals surface area contributed by atoms with E-state index in [0.717, 1.165) is 6.92 Å². The van der Waals surface area contributed by atoms with Gasteiger partial charge in [0.15, 0.2) is 12.4 Å². The fraction of sp³-hybridized carbons (Fsp3) is 0.750. The van der Waals surface area contributed by atoms with E-state index >= 15 is 0 Å². The van der Waals surface area contributed by atoms with E-state index in [0.29, 0.717) is 0 Å². The molecule has 1 aliphatic heterocycles. The molecule has 1 rings (SSSR count). The highest BCUT2D eigenvalue weighted by molar-refractivity contribution is 5.87. The molecule has 0 aliphatic carbocycles. The van der Waals surface area contributed by atoms with E-state index in [1.807, 2.05) is 0 Å². The van der Waals surface area contributed by atoms with Gasteiger partial charge < -0.3 is 29.9 Å². The zero-order valence-electron chi connectivity index (χ0n) is 8.31. The topological polar surface area (TPSA) is 134 Å². The van der Waals surface area contributed by atoms with Crippen LogP contribution in [-0.2, 0) is 19.1 Å². The summed E-state index contributed by atoms with van der Waals surface area (Å²) >= 11 is 0. The van der Waals surface area contributed by atoms with Crippen molar-refractivity contribution in [3.63, 3.8) is 0 Å². The zero-order chi connectivity index (χ0) is 12.5. The minimum Gasteiger partial charge on any atom is -0.391 e. The first-order chi connectivity index (χ1) is 7.34. The Kier molecular flexibility index (Phi) is 3.94. The molecule has 1 heterocycles. The van der Waals surface area contributed by atoms with Crippen LogP contribution < -0.4 is 0 Å². The number of carbonyl (C=O) groups excluding carboxylic acids is 2. The van der Waals surface area contributed by atoms with E-state index in [9.17, 15) is 19.8 Å². The maximum Gasteiger partial charge on any atom is 0.345 e. The van der Waals surface area contributed by atoms with E-state index in [-0.39, 0.29) is 0 Å². The Balaban J connectivity index is 2.73. The Hall–Kier alpha value is -1.06. The molecular weight excluding hydrogens is 224 g/mol. The summed E-state index contributed by atoms with van der Waals surface area (Å²) in [4.78, 5) is 21.7. The summed E-state index contributed by atoms with van der Waals surface area (Å²) in [5, 5.41) is 36.8. The predicted molar refractivity (Wildman–Crippen MR) is 45.7 cm³/mol. The number of hydrogen-bond donors (Lipinski definition) is 4. The normalized spacial score (nSPS) is 39.2. The molecule has 1 aliphatic rings. The lowest BCUT2D eigenvalue weighted by molar-refractivity contribution is -0.280. The number of esters is 2. The van der Waals surface area contributed by atoms with Crippen LogP contribution in [0.2, 0.25) is 0 Å². The molecule has 8 heteroatoms. The molecule has 92 valence electrons. The van der Waals surface area contributed by atoms with Crippen molar-refractivity contribution < 1.29 is 39.5 Å². The third-order valence-corrected chi connectivity index (χ3v) is 2.06. The van der Waals surface area contributed by atoms with Gasteiger partial charge in [0.05, 0.1) is 0 Å². The molecule has 0 radical (unpaired) electrons. The first-order valence-electron chi connectivity index (χ1n) is 4.44. The van der Waals surface area contributed by atoms with Crippen molar-refractivity contribution in [1.82, 2.24) is 0 Å². The van der Waals surface area contributed by atoms with Crippen molar-refractivity contribution in [2.75, 3.05) is 0 Å². The number of aliphatic hydroxyl groups excluding tert-OH is 4. The first kappa shape index (κ1) is 13.0. The van der Waals surface area contributed by atoms with Gasteiger partial charge in [-0.15, -0.1) is 0 Å². The summed E-state index contributed by atoms with van der Waals surface area (Å²) in [6, 6.07) is 0. The fourth-order valence-corrected chi connectivity index (χ4v) is 1.26. The minimum absolute atomic E-state index is 0.920. The summed E-state index contributed by atoms with van der Waals surface area (Å²) < 4.78 is 8.64. The van der Waals surface area contributed by atoms with Crippen LogP contribution in [0.15, 0.2) is 0 Å². The lowest BCUT2D eigenvalue weighted by Crippen LogP contribution is -2.60. The highest BCUT2D eigenvalue weighted by Gasteiger charge is 2.47. The van der Waals surface area contributed by atoms with Gasteiger partial charge in [-0.3, -0.25) is 4.79 Å². The Bertz CT molecular complexity index is 290. The molecule has 4 N–H and O–H groups in total. The Morgan fingerprint density at radius 3 is 2.12 bits per heavy atom. The molecule has 16 heavy (non-hydrogen) atoms. The zero-order valence-corrected chi connectivity index (χ0v) is 8.31. The molecule has 5 atom stereocenters. The number of ether oxygens (including phenoxy) is 2. The van der Waals surface area contributed by atoms with Crippen molar-refractivity contribution in [2.24, 2.45) is 0 Å². The molecule has 0 aromatic heterocycles. The van der Waals surface area contributed by atoms with E-state index in [2.05, 4.69) is 9.47 Å². The van der Waals surface area contributed by atoms with Crippen LogP contribution >= 0.6 is 0 Å². The maximum absolute atomic E-state index is 11.2. The molecule has 0 amide bonds. The summed E-state index contributed by atoms with van der Waals surface area (Å²) in [5.41, 5.74) is 0. The van der Waals surface area contributed by atoms with Gasteiger partial charge in [0.2, 0.25) is 0 Å². The van der Waals surface area contributed by atoms with Gasteiger partial charge in [-0.05, 0) is 0 Å². The Morgan fingerprint density at radius 1 is 1.06 bits per heavy atom. The molecule has 1 saturated heterocycles. The molecule has 1 fully saturated rings. The van der Waals surface area contributed by atoms with Crippen LogP contribution in [0.5, 0.6) is 0 Å². The third kappa shape index (κ3) is 2.54. The quantitative estimate of drug-likeness (QED) is 0.277. The van der Waals surface area contributed by atoms with Crippen molar-refractivity contribution in [3.05, 3.63) is 0 Å². The van der Waals surface area contributed by atoms with E-state index in [1.54, 1.807) is 0 Å². The van der Waals surface area contributed by atoms with Crippen LogP contribution in [0, 0.1) is 0 Å². The molecule has 0 bridgehead atoms. The number of aliphatic hydroxyl groups is 4. The molecule has 8 nitrogen and oxygen atoms in total. The molecule has 0 unspecified atom stereocenters. The van der Waals surface area contributed by atoms with Gasteiger partial charge in [0.1, 0.15) is 18.3 Å². The second-order valence-electron chi connectivity index (χ2n) is 3.33. The predicted octanol–water partition coefficient (Wildman–Crippen LogP) is -3.12. The molecule has 0 aromatic rings. The van der Waals surface area contributed by atoms with Crippen LogP contribution in [0.1, 0.15) is 6.92 Å². The van der Waals surface area contributed by atoms with Gasteiger partial charge in [-0.2, -0.15) is 0 Å². The van der Waals surface area contributed by atoms with Crippen molar-refractivity contribution in [3.8, 4) is 0 Å². The summed E-state index contributed by atoms with van der Waals surface area (Å²) in [6.45, 7) is 0.967. The maximum atomic E-state index is 11.2. The van der Waals surface area contributed by atoms with E-state index < -0.39 is 42.6 Å². The average molecular weight is 236 g/mol. The van der Waals surface area contributed by atoms with Crippen molar-refractivity contribution in [1.29, 1.82) is 0 Å². The first-order valence-corrected chi connectivity index (χ1v) is 4.44. The highest BCUT2D eigenvalue weighted by atomic mass is 16.7. The van der Waals surface area contributed by atoms with E-state index in [4.69, 9.17) is 10.2 Å². The molecule has 0 aromatic carbocycles. The second-order valence-corrected chi connectivity index (χ2v) is 3.33. The Labute approximate surface area is 90.0 Å². The molecular formula is C8H12O8. The van der Waals surface area contributed by atoms with Crippen molar-refractivity contribution >= 4 is 11.9 Å². The summed E-state index contributed by atoms with van der Waals surface area (Å²) in [5.74, 6) is -2.17. The minimum atomic E-state index is -1.84. The van der Waals surface area contributed by atoms with Gasteiger partial charge in [0, 0.05) is 6.92 Å². The SMILES string of the molecule is CC(=O)OC(=O)[C@H]1O[C@@H](O)[C@H](O)[C@@H](O)[C@@H]1O. The monoisotopic (exact) mass is 236 g/mol. The second kappa shape index (κ2) is 4.85. The third-order valence-electron chi connectivity index (χ3n) is 2.06. The molecule has 0 saturated carbocycles. The van der Waals surface area contributed by atoms with Gasteiger partial charge in [-0.1, -0.05) is 0 Å².